The third-order valence-corrected chi connectivity index (χ3v) is 3.62. The summed E-state index contributed by atoms with van der Waals surface area (Å²) in [5, 5.41) is 12.7. The largest absolute Gasteiger partial charge is 0.164 e. The average Bonchev–Trinajstić information content (AvgIpc) is 2.29. The van der Waals surface area contributed by atoms with Crippen molar-refractivity contribution in [3.05, 3.63) is 35.0 Å². The fourth-order valence-corrected chi connectivity index (χ4v) is 2.92. The maximum absolute atomic E-state index is 6.04. The van der Waals surface area contributed by atoms with E-state index in [1.807, 2.05) is 18.2 Å². The van der Waals surface area contributed by atoms with E-state index in [9.17, 15) is 0 Å². The monoisotopic (exact) mass is 235 g/mol. The van der Waals surface area contributed by atoms with E-state index in [0.29, 0.717) is 5.15 Å². The van der Waals surface area contributed by atoms with Gasteiger partial charge in [0.15, 0.2) is 5.15 Å². The SMILES string of the molecule is Clc1nnnc2c1-c1ccccc1CS2. The second-order valence-electron chi connectivity index (χ2n) is 3.21. The van der Waals surface area contributed by atoms with E-state index >= 15 is 0 Å². The third-order valence-electron chi connectivity index (χ3n) is 2.34. The van der Waals surface area contributed by atoms with E-state index < -0.39 is 0 Å². The van der Waals surface area contributed by atoms with Crippen molar-refractivity contribution in [1.29, 1.82) is 0 Å². The minimum atomic E-state index is 0.430. The molecule has 0 radical (unpaired) electrons. The molecule has 0 aliphatic carbocycles. The van der Waals surface area contributed by atoms with Crippen LogP contribution in [0.1, 0.15) is 5.56 Å². The predicted molar refractivity (Wildman–Crippen MR) is 59.8 cm³/mol. The molecule has 2 aromatic rings. The van der Waals surface area contributed by atoms with E-state index in [1.165, 1.54) is 5.56 Å². The van der Waals surface area contributed by atoms with Gasteiger partial charge in [0, 0.05) is 5.75 Å². The Morgan fingerprint density at radius 2 is 2.07 bits per heavy atom. The van der Waals surface area contributed by atoms with E-state index in [1.54, 1.807) is 11.8 Å². The smallest absolute Gasteiger partial charge is 0.123 e. The van der Waals surface area contributed by atoms with Crippen molar-refractivity contribution in [2.75, 3.05) is 0 Å². The Bertz CT molecular complexity index is 530. The van der Waals surface area contributed by atoms with Gasteiger partial charge in [0.05, 0.1) is 5.56 Å². The molecule has 1 aliphatic rings. The molecule has 0 spiro atoms. The Balaban J connectivity index is 2.33. The molecule has 1 aromatic carbocycles. The maximum Gasteiger partial charge on any atom is 0.164 e. The molecule has 2 heterocycles. The van der Waals surface area contributed by atoms with E-state index in [0.717, 1.165) is 21.9 Å². The Morgan fingerprint density at radius 3 is 3.00 bits per heavy atom. The second-order valence-corrected chi connectivity index (χ2v) is 4.53. The standard InChI is InChI=1S/C10H6ClN3S/c11-9-8-7-4-2-1-3-6(7)5-15-10(8)13-14-12-9/h1-4H,5H2. The highest BCUT2D eigenvalue weighted by Crippen LogP contribution is 2.42. The molecule has 0 atom stereocenters. The molecule has 5 heteroatoms. The lowest BCUT2D eigenvalue weighted by Gasteiger charge is -2.17. The number of hydrogen-bond acceptors (Lipinski definition) is 4. The summed E-state index contributed by atoms with van der Waals surface area (Å²) in [4.78, 5) is 0. The van der Waals surface area contributed by atoms with E-state index in [2.05, 4.69) is 21.5 Å². The van der Waals surface area contributed by atoms with Gasteiger partial charge in [-0.15, -0.1) is 10.2 Å². The van der Waals surface area contributed by atoms with Crippen LogP contribution in [-0.2, 0) is 5.75 Å². The van der Waals surface area contributed by atoms with Gasteiger partial charge in [-0.1, -0.05) is 47.6 Å². The third kappa shape index (κ3) is 1.41. The van der Waals surface area contributed by atoms with Crippen molar-refractivity contribution in [2.45, 2.75) is 10.8 Å². The average molecular weight is 236 g/mol. The summed E-state index contributed by atoms with van der Waals surface area (Å²) in [6.07, 6.45) is 0. The molecule has 3 rings (SSSR count). The molecule has 0 saturated heterocycles. The number of halogens is 1. The molecule has 3 nitrogen and oxygen atoms in total. The fraction of sp³-hybridized carbons (Fsp3) is 0.100. The number of hydrogen-bond donors (Lipinski definition) is 0. The van der Waals surface area contributed by atoms with Gasteiger partial charge in [0.2, 0.25) is 0 Å². The van der Waals surface area contributed by atoms with Gasteiger partial charge in [-0.2, -0.15) is 0 Å². The molecule has 1 aromatic heterocycles. The first-order valence-electron chi connectivity index (χ1n) is 4.46. The lowest BCUT2D eigenvalue weighted by Crippen LogP contribution is -2.02. The Kier molecular flexibility index (Phi) is 2.11. The van der Waals surface area contributed by atoms with Crippen LogP contribution in [0, 0.1) is 0 Å². The van der Waals surface area contributed by atoms with Gasteiger partial charge in [0.1, 0.15) is 5.03 Å². The Labute approximate surface area is 95.9 Å². The second kappa shape index (κ2) is 3.47. The van der Waals surface area contributed by atoms with E-state index in [-0.39, 0.29) is 0 Å². The topological polar surface area (TPSA) is 38.7 Å². The summed E-state index contributed by atoms with van der Waals surface area (Å²) in [6, 6.07) is 8.17. The van der Waals surface area contributed by atoms with Crippen LogP contribution < -0.4 is 0 Å². The minimum absolute atomic E-state index is 0.430. The molecule has 0 saturated carbocycles. The maximum atomic E-state index is 6.04. The highest BCUT2D eigenvalue weighted by Gasteiger charge is 2.21. The first-order chi connectivity index (χ1) is 7.36. The van der Waals surface area contributed by atoms with Crippen molar-refractivity contribution in [3.8, 4) is 11.1 Å². The normalized spacial score (nSPS) is 13.1. The summed E-state index contributed by atoms with van der Waals surface area (Å²) >= 11 is 7.69. The van der Waals surface area contributed by atoms with Gasteiger partial charge in [-0.3, -0.25) is 0 Å². The predicted octanol–water partition coefficient (Wildman–Crippen LogP) is 2.80. The van der Waals surface area contributed by atoms with Crippen LogP contribution in [0.5, 0.6) is 0 Å². The molecule has 74 valence electrons. The van der Waals surface area contributed by atoms with Crippen molar-refractivity contribution in [2.24, 2.45) is 0 Å². The lowest BCUT2D eigenvalue weighted by molar-refractivity contribution is 0.806. The number of aromatic nitrogens is 3. The van der Waals surface area contributed by atoms with Crippen molar-refractivity contribution < 1.29 is 0 Å². The molecular formula is C10H6ClN3S. The molecule has 0 fully saturated rings. The van der Waals surface area contributed by atoms with Crippen LogP contribution in [0.15, 0.2) is 29.3 Å². The zero-order valence-electron chi connectivity index (χ0n) is 7.64. The van der Waals surface area contributed by atoms with Crippen molar-refractivity contribution >= 4 is 23.4 Å². The van der Waals surface area contributed by atoms with E-state index in [4.69, 9.17) is 11.6 Å². The highest BCUT2D eigenvalue weighted by atomic mass is 35.5. The van der Waals surface area contributed by atoms with Gasteiger partial charge >= 0.3 is 0 Å². The summed E-state index contributed by atoms with van der Waals surface area (Å²) in [5.74, 6) is 0.915. The fourth-order valence-electron chi connectivity index (χ4n) is 1.65. The van der Waals surface area contributed by atoms with Gasteiger partial charge in [-0.25, -0.2) is 0 Å². The number of nitrogens with zero attached hydrogens (tertiary/aromatic N) is 3. The molecular weight excluding hydrogens is 230 g/mol. The number of fused-ring (bicyclic) bond motifs is 3. The molecule has 0 unspecified atom stereocenters. The van der Waals surface area contributed by atoms with Gasteiger partial charge in [0.25, 0.3) is 0 Å². The summed E-state index contributed by atoms with van der Waals surface area (Å²) in [6.45, 7) is 0. The van der Waals surface area contributed by atoms with Crippen LogP contribution >= 0.6 is 23.4 Å². The van der Waals surface area contributed by atoms with Crippen LogP contribution in [0.3, 0.4) is 0 Å². The van der Waals surface area contributed by atoms with Gasteiger partial charge in [-0.05, 0) is 16.3 Å². The van der Waals surface area contributed by atoms with Crippen molar-refractivity contribution in [1.82, 2.24) is 15.4 Å². The van der Waals surface area contributed by atoms with Gasteiger partial charge < -0.3 is 0 Å². The zero-order chi connectivity index (χ0) is 10.3. The molecule has 0 bridgehead atoms. The van der Waals surface area contributed by atoms with Crippen molar-refractivity contribution in [3.63, 3.8) is 0 Å². The quantitative estimate of drug-likeness (QED) is 0.704. The lowest BCUT2D eigenvalue weighted by atomic mass is 10.0. The first-order valence-corrected chi connectivity index (χ1v) is 5.82. The highest BCUT2D eigenvalue weighted by molar-refractivity contribution is 7.98. The number of thioether (sulfide) groups is 1. The zero-order valence-corrected chi connectivity index (χ0v) is 9.22. The molecule has 1 aliphatic heterocycles. The first kappa shape index (κ1) is 9.12. The number of rotatable bonds is 0. The molecule has 0 N–H and O–H groups in total. The van der Waals surface area contributed by atoms with Crippen LogP contribution in [0.25, 0.3) is 11.1 Å². The molecule has 0 amide bonds. The summed E-state index contributed by atoms with van der Waals surface area (Å²) in [7, 11) is 0. The van der Waals surface area contributed by atoms with Crippen LogP contribution in [0.4, 0.5) is 0 Å². The Morgan fingerprint density at radius 1 is 1.20 bits per heavy atom. The summed E-state index contributed by atoms with van der Waals surface area (Å²) in [5.41, 5.74) is 3.31. The number of benzene rings is 1. The summed E-state index contributed by atoms with van der Waals surface area (Å²) < 4.78 is 0. The van der Waals surface area contributed by atoms with Crippen LogP contribution in [-0.4, -0.2) is 15.4 Å². The van der Waals surface area contributed by atoms with Crippen LogP contribution in [0.2, 0.25) is 5.15 Å². The molecule has 15 heavy (non-hydrogen) atoms. The minimum Gasteiger partial charge on any atom is -0.123 e. The Hall–Kier alpha value is -1.13.